The van der Waals surface area contributed by atoms with Crippen LogP contribution in [0.3, 0.4) is 0 Å². The molecule has 1 aliphatic carbocycles. The molecule has 0 saturated heterocycles. The SMILES string of the molecule is CC(C)(Cc1nccn1[Si](C)(C)C)C1C=CC=C1. The molecule has 0 saturated carbocycles. The predicted molar refractivity (Wildman–Crippen MR) is 80.2 cm³/mol. The summed E-state index contributed by atoms with van der Waals surface area (Å²) in [6.45, 7) is 11.8. The molecule has 0 atom stereocenters. The molecule has 3 heteroatoms. The molecule has 0 fully saturated rings. The summed E-state index contributed by atoms with van der Waals surface area (Å²) in [5.74, 6) is 1.78. The van der Waals surface area contributed by atoms with Gasteiger partial charge in [-0.05, 0) is 5.41 Å². The summed E-state index contributed by atoms with van der Waals surface area (Å²) in [5, 5.41) is 0. The molecule has 18 heavy (non-hydrogen) atoms. The van der Waals surface area contributed by atoms with E-state index in [-0.39, 0.29) is 5.41 Å². The van der Waals surface area contributed by atoms with Gasteiger partial charge in [-0.25, -0.2) is 4.98 Å². The molecule has 0 bridgehead atoms. The van der Waals surface area contributed by atoms with Crippen molar-refractivity contribution in [1.29, 1.82) is 0 Å². The summed E-state index contributed by atoms with van der Waals surface area (Å²) < 4.78 is 2.43. The van der Waals surface area contributed by atoms with Crippen LogP contribution in [0.25, 0.3) is 0 Å². The average Bonchev–Trinajstić information content (AvgIpc) is 2.83. The first-order valence-corrected chi connectivity index (χ1v) is 10.1. The van der Waals surface area contributed by atoms with Crippen LogP contribution in [0.2, 0.25) is 19.6 Å². The number of hydrogen-bond acceptors (Lipinski definition) is 1. The summed E-state index contributed by atoms with van der Waals surface area (Å²) in [6.07, 6.45) is 14.0. The Kier molecular flexibility index (Phi) is 3.36. The minimum absolute atomic E-state index is 0.228. The molecule has 0 aromatic carbocycles. The summed E-state index contributed by atoms with van der Waals surface area (Å²) in [7, 11) is -1.35. The first-order chi connectivity index (χ1) is 8.31. The van der Waals surface area contributed by atoms with Gasteiger partial charge < -0.3 is 4.23 Å². The van der Waals surface area contributed by atoms with Crippen LogP contribution in [-0.2, 0) is 6.42 Å². The lowest BCUT2D eigenvalue weighted by molar-refractivity contribution is 0.296. The third-order valence-electron chi connectivity index (χ3n) is 3.70. The number of hydrogen-bond donors (Lipinski definition) is 0. The third kappa shape index (κ3) is 2.66. The summed E-state index contributed by atoms with van der Waals surface area (Å²) in [6, 6.07) is 0. The Labute approximate surface area is 112 Å². The topological polar surface area (TPSA) is 17.8 Å². The lowest BCUT2D eigenvalue weighted by atomic mass is 9.77. The van der Waals surface area contributed by atoms with Crippen molar-refractivity contribution in [3.8, 4) is 0 Å². The van der Waals surface area contributed by atoms with E-state index in [0.717, 1.165) is 6.42 Å². The zero-order valence-corrected chi connectivity index (χ0v) is 13.1. The molecular weight excluding hydrogens is 236 g/mol. The molecule has 98 valence electrons. The van der Waals surface area contributed by atoms with E-state index >= 15 is 0 Å². The van der Waals surface area contributed by atoms with Gasteiger partial charge in [0.2, 0.25) is 0 Å². The molecule has 0 amide bonds. The van der Waals surface area contributed by atoms with Crippen LogP contribution in [0, 0.1) is 11.3 Å². The average molecular weight is 260 g/mol. The summed E-state index contributed by atoms with van der Waals surface area (Å²) in [4.78, 5) is 4.59. The van der Waals surface area contributed by atoms with Crippen molar-refractivity contribution in [3.05, 3.63) is 42.5 Å². The monoisotopic (exact) mass is 260 g/mol. The van der Waals surface area contributed by atoms with Gasteiger partial charge in [-0.15, -0.1) is 0 Å². The van der Waals surface area contributed by atoms with Crippen molar-refractivity contribution < 1.29 is 0 Å². The second-order valence-corrected chi connectivity index (χ2v) is 11.7. The van der Waals surface area contributed by atoms with Crippen molar-refractivity contribution in [2.24, 2.45) is 11.3 Å². The molecule has 1 aliphatic rings. The number of aromatic nitrogens is 2. The maximum atomic E-state index is 4.59. The predicted octanol–water partition coefficient (Wildman–Crippen LogP) is 3.88. The van der Waals surface area contributed by atoms with Crippen LogP contribution < -0.4 is 0 Å². The minimum Gasteiger partial charge on any atom is -0.363 e. The van der Waals surface area contributed by atoms with Crippen LogP contribution >= 0.6 is 0 Å². The van der Waals surface area contributed by atoms with Crippen LogP contribution in [0.1, 0.15) is 19.7 Å². The van der Waals surface area contributed by atoms with Crippen molar-refractivity contribution in [2.75, 3.05) is 0 Å². The van der Waals surface area contributed by atoms with Crippen LogP contribution in [-0.4, -0.2) is 17.5 Å². The molecule has 1 heterocycles. The van der Waals surface area contributed by atoms with E-state index < -0.39 is 8.24 Å². The van der Waals surface area contributed by atoms with Crippen LogP contribution in [0.4, 0.5) is 0 Å². The highest BCUT2D eigenvalue weighted by atomic mass is 28.3. The number of nitrogens with zero attached hydrogens (tertiary/aromatic N) is 2. The summed E-state index contributed by atoms with van der Waals surface area (Å²) >= 11 is 0. The summed E-state index contributed by atoms with van der Waals surface area (Å²) in [5.41, 5.74) is 0.228. The van der Waals surface area contributed by atoms with E-state index in [1.54, 1.807) is 0 Å². The van der Waals surface area contributed by atoms with E-state index in [4.69, 9.17) is 0 Å². The molecule has 0 N–H and O–H groups in total. The fourth-order valence-electron chi connectivity index (χ4n) is 2.55. The standard InChI is InChI=1S/C15H24N2Si/c1-15(2,13-8-6-7-9-13)12-14-16-10-11-17(14)18(3,4)5/h6-11,13H,12H2,1-5H3. The Bertz CT molecular complexity index is 463. The Morgan fingerprint density at radius 1 is 1.22 bits per heavy atom. The maximum absolute atomic E-state index is 4.59. The largest absolute Gasteiger partial charge is 0.363 e. The molecule has 1 aromatic heterocycles. The van der Waals surface area contributed by atoms with Gasteiger partial charge in [-0.1, -0.05) is 57.8 Å². The second-order valence-electron chi connectivity index (χ2n) is 6.85. The fourth-order valence-corrected chi connectivity index (χ4v) is 3.98. The number of allylic oxidation sites excluding steroid dienone is 4. The smallest absolute Gasteiger partial charge is 0.154 e. The Balaban J connectivity index is 2.21. The van der Waals surface area contributed by atoms with E-state index in [1.807, 2.05) is 6.20 Å². The van der Waals surface area contributed by atoms with Gasteiger partial charge in [0.15, 0.2) is 8.24 Å². The Morgan fingerprint density at radius 2 is 1.83 bits per heavy atom. The molecular formula is C15H24N2Si. The molecule has 2 nitrogen and oxygen atoms in total. The Hall–Kier alpha value is -1.09. The highest BCUT2D eigenvalue weighted by Gasteiger charge is 2.30. The highest BCUT2D eigenvalue weighted by molar-refractivity contribution is 6.74. The molecule has 0 aliphatic heterocycles. The van der Waals surface area contributed by atoms with Gasteiger partial charge in [0, 0.05) is 24.7 Å². The fraction of sp³-hybridized carbons (Fsp3) is 0.533. The van der Waals surface area contributed by atoms with Crippen LogP contribution in [0.5, 0.6) is 0 Å². The van der Waals surface area contributed by atoms with Gasteiger partial charge in [0.05, 0.1) is 0 Å². The Morgan fingerprint density at radius 3 is 2.39 bits per heavy atom. The first kappa shape index (κ1) is 13.3. The first-order valence-electron chi connectivity index (χ1n) is 6.68. The van der Waals surface area contributed by atoms with Gasteiger partial charge in [0.1, 0.15) is 5.82 Å². The van der Waals surface area contributed by atoms with Crippen molar-refractivity contribution in [3.63, 3.8) is 0 Å². The van der Waals surface area contributed by atoms with Gasteiger partial charge >= 0.3 is 0 Å². The number of rotatable bonds is 4. The molecule has 1 aromatic rings. The second kappa shape index (κ2) is 4.54. The third-order valence-corrected chi connectivity index (χ3v) is 5.56. The molecule has 0 unspecified atom stereocenters. The van der Waals surface area contributed by atoms with E-state index in [2.05, 4.69) is 73.2 Å². The molecule has 2 rings (SSSR count). The van der Waals surface area contributed by atoms with E-state index in [0.29, 0.717) is 5.92 Å². The van der Waals surface area contributed by atoms with Crippen molar-refractivity contribution in [2.45, 2.75) is 39.9 Å². The molecule has 0 spiro atoms. The molecule has 0 radical (unpaired) electrons. The normalized spacial score (nSPS) is 16.7. The van der Waals surface area contributed by atoms with E-state index in [9.17, 15) is 0 Å². The van der Waals surface area contributed by atoms with Gasteiger partial charge in [0.25, 0.3) is 0 Å². The number of imidazole rings is 1. The quantitative estimate of drug-likeness (QED) is 0.751. The lowest BCUT2D eigenvalue weighted by Gasteiger charge is -2.31. The minimum atomic E-state index is -1.35. The van der Waals surface area contributed by atoms with Crippen LogP contribution in [0.15, 0.2) is 36.7 Å². The van der Waals surface area contributed by atoms with Gasteiger partial charge in [-0.3, -0.25) is 0 Å². The van der Waals surface area contributed by atoms with Crippen molar-refractivity contribution >= 4 is 8.24 Å². The highest BCUT2D eigenvalue weighted by Crippen LogP contribution is 2.35. The van der Waals surface area contributed by atoms with Gasteiger partial charge in [-0.2, -0.15) is 0 Å². The maximum Gasteiger partial charge on any atom is 0.154 e. The van der Waals surface area contributed by atoms with E-state index in [1.165, 1.54) is 5.82 Å². The zero-order chi connectivity index (χ0) is 13.4. The lowest BCUT2D eigenvalue weighted by Crippen LogP contribution is -2.35. The zero-order valence-electron chi connectivity index (χ0n) is 12.1. The van der Waals surface area contributed by atoms with Crippen molar-refractivity contribution in [1.82, 2.24) is 9.22 Å².